The van der Waals surface area contributed by atoms with Crippen molar-refractivity contribution in [1.82, 2.24) is 19.7 Å². The molecule has 1 aromatic carbocycles. The van der Waals surface area contributed by atoms with Crippen molar-refractivity contribution in [2.45, 2.75) is 6.54 Å². The van der Waals surface area contributed by atoms with E-state index in [-0.39, 0.29) is 42.2 Å². The van der Waals surface area contributed by atoms with Gasteiger partial charge in [-0.05, 0) is 35.7 Å². The number of terminal acetylenes is 1. The van der Waals surface area contributed by atoms with Gasteiger partial charge in [0, 0.05) is 29.4 Å². The molecule has 3 heterocycles. The first kappa shape index (κ1) is 24.9. The van der Waals surface area contributed by atoms with Crippen LogP contribution in [0.4, 0.5) is 5.82 Å². The number of aromatic nitrogens is 3. The Morgan fingerprint density at radius 2 is 1.83 bits per heavy atom. The molecule has 10 nitrogen and oxygen atoms in total. The summed E-state index contributed by atoms with van der Waals surface area (Å²) in [7, 11) is -2.60. The third kappa shape index (κ3) is 6.28. The highest BCUT2D eigenvalue weighted by molar-refractivity contribution is 7.90. The summed E-state index contributed by atoms with van der Waals surface area (Å²) in [6, 6.07) is 13.8. The molecule has 36 heavy (non-hydrogen) atoms. The Morgan fingerprint density at radius 1 is 1.06 bits per heavy atom. The third-order valence-electron chi connectivity index (χ3n) is 4.59. The highest BCUT2D eigenvalue weighted by atomic mass is 32.2. The Bertz CT molecular complexity index is 1460. The van der Waals surface area contributed by atoms with Gasteiger partial charge in [-0.1, -0.05) is 24.1 Å². The van der Waals surface area contributed by atoms with Crippen LogP contribution in [0, 0.1) is 12.3 Å². The van der Waals surface area contributed by atoms with E-state index in [0.717, 1.165) is 4.88 Å². The second kappa shape index (κ2) is 11.5. The lowest BCUT2D eigenvalue weighted by Gasteiger charge is -2.18. The first-order chi connectivity index (χ1) is 17.5. The highest BCUT2D eigenvalue weighted by Gasteiger charge is 2.24. The number of para-hydroxylation sites is 2. The fraction of sp³-hybridized carbons (Fsp3) is 0.125. The minimum atomic E-state index is -4.08. The summed E-state index contributed by atoms with van der Waals surface area (Å²) < 4.78 is 47.9. The summed E-state index contributed by atoms with van der Waals surface area (Å²) in [5.74, 6) is 2.93. The predicted octanol–water partition coefficient (Wildman–Crippen LogP) is 3.86. The molecule has 0 saturated carbocycles. The molecule has 0 atom stereocenters. The van der Waals surface area contributed by atoms with Crippen LogP contribution in [0.2, 0.25) is 0 Å². The van der Waals surface area contributed by atoms with Crippen LogP contribution < -0.4 is 23.7 Å². The van der Waals surface area contributed by atoms with Gasteiger partial charge < -0.3 is 14.2 Å². The summed E-state index contributed by atoms with van der Waals surface area (Å²) in [6.45, 7) is -0.0453. The van der Waals surface area contributed by atoms with E-state index in [2.05, 4.69) is 30.3 Å². The Morgan fingerprint density at radius 3 is 2.53 bits per heavy atom. The first-order valence-electron chi connectivity index (χ1n) is 10.5. The van der Waals surface area contributed by atoms with E-state index in [1.54, 1.807) is 48.8 Å². The van der Waals surface area contributed by atoms with Gasteiger partial charge in [0.2, 0.25) is 5.75 Å². The number of ether oxygens (including phenoxy) is 3. The zero-order valence-corrected chi connectivity index (χ0v) is 20.7. The molecule has 4 rings (SSSR count). The molecular weight excluding hydrogens is 502 g/mol. The Balaban J connectivity index is 1.79. The van der Waals surface area contributed by atoms with Crippen LogP contribution in [0.5, 0.6) is 23.1 Å². The first-order valence-corrected chi connectivity index (χ1v) is 12.8. The molecule has 0 saturated heterocycles. The smallest absolute Gasteiger partial charge is 0.300 e. The van der Waals surface area contributed by atoms with E-state index in [1.165, 1.54) is 18.4 Å². The average Bonchev–Trinajstić information content (AvgIpc) is 3.42. The van der Waals surface area contributed by atoms with Crippen LogP contribution in [-0.2, 0) is 16.8 Å². The topological polar surface area (TPSA) is 125 Å². The van der Waals surface area contributed by atoms with Gasteiger partial charge in [-0.3, -0.25) is 9.71 Å². The number of benzene rings is 1. The van der Waals surface area contributed by atoms with Crippen molar-refractivity contribution >= 4 is 27.4 Å². The summed E-state index contributed by atoms with van der Waals surface area (Å²) in [4.78, 5) is 13.7. The fourth-order valence-electron chi connectivity index (χ4n) is 2.98. The number of thiophene rings is 1. The van der Waals surface area contributed by atoms with Gasteiger partial charge in [0.25, 0.3) is 5.88 Å². The highest BCUT2D eigenvalue weighted by Crippen LogP contribution is 2.41. The van der Waals surface area contributed by atoms with Gasteiger partial charge in [0.05, 0.1) is 7.11 Å². The number of hydrogen-bond donors (Lipinski definition) is 2. The number of anilines is 1. The van der Waals surface area contributed by atoms with E-state index < -0.39 is 10.2 Å². The van der Waals surface area contributed by atoms with Crippen LogP contribution in [-0.4, -0.2) is 37.1 Å². The Hall–Kier alpha value is -4.18. The van der Waals surface area contributed by atoms with Crippen LogP contribution >= 0.6 is 11.3 Å². The molecule has 0 amide bonds. The van der Waals surface area contributed by atoms with E-state index in [9.17, 15) is 8.42 Å². The monoisotopic (exact) mass is 523 g/mol. The van der Waals surface area contributed by atoms with Gasteiger partial charge in [-0.25, -0.2) is 4.98 Å². The predicted molar refractivity (Wildman–Crippen MR) is 136 cm³/mol. The van der Waals surface area contributed by atoms with Crippen molar-refractivity contribution in [1.29, 1.82) is 0 Å². The fourth-order valence-corrected chi connectivity index (χ4v) is 4.53. The summed E-state index contributed by atoms with van der Waals surface area (Å²) in [6.07, 6.45) is 8.52. The zero-order chi connectivity index (χ0) is 25.4. The van der Waals surface area contributed by atoms with E-state index in [4.69, 9.17) is 20.6 Å². The number of nitrogens with zero attached hydrogens (tertiary/aromatic N) is 3. The molecule has 0 spiro atoms. The van der Waals surface area contributed by atoms with Crippen molar-refractivity contribution in [3.8, 4) is 46.9 Å². The van der Waals surface area contributed by atoms with Crippen LogP contribution in [0.3, 0.4) is 0 Å². The normalized spacial score (nSPS) is 10.9. The van der Waals surface area contributed by atoms with Crippen molar-refractivity contribution in [3.63, 3.8) is 0 Å². The maximum Gasteiger partial charge on any atom is 0.300 e. The molecular formula is C24H21N5O5S2. The van der Waals surface area contributed by atoms with E-state index >= 15 is 0 Å². The largest absolute Gasteiger partial charge is 0.493 e. The molecule has 0 aliphatic rings. The number of hydrogen-bond acceptors (Lipinski definition) is 9. The molecule has 0 aliphatic heterocycles. The molecule has 12 heteroatoms. The zero-order valence-electron chi connectivity index (χ0n) is 19.0. The molecule has 2 N–H and O–H groups in total. The number of methoxy groups -OCH3 is 1. The maximum absolute atomic E-state index is 13.0. The van der Waals surface area contributed by atoms with Crippen LogP contribution in [0.25, 0.3) is 11.4 Å². The van der Waals surface area contributed by atoms with Gasteiger partial charge in [0.1, 0.15) is 0 Å². The van der Waals surface area contributed by atoms with E-state index in [1.807, 2.05) is 17.5 Å². The molecule has 0 unspecified atom stereocenters. The molecule has 0 radical (unpaired) electrons. The van der Waals surface area contributed by atoms with Crippen molar-refractivity contribution in [3.05, 3.63) is 71.2 Å². The maximum atomic E-state index is 13.0. The lowest BCUT2D eigenvalue weighted by Crippen LogP contribution is -2.30. The van der Waals surface area contributed by atoms with Gasteiger partial charge in [0.15, 0.2) is 29.7 Å². The molecule has 184 valence electrons. The quantitative estimate of drug-likeness (QED) is 0.284. The van der Waals surface area contributed by atoms with Crippen molar-refractivity contribution in [2.24, 2.45) is 0 Å². The summed E-state index contributed by atoms with van der Waals surface area (Å²) >= 11 is 1.43. The molecule has 4 aromatic rings. The van der Waals surface area contributed by atoms with Crippen LogP contribution in [0.15, 0.2) is 66.3 Å². The number of nitrogens with one attached hydrogen (secondary N) is 2. The number of pyridine rings is 1. The van der Waals surface area contributed by atoms with Gasteiger partial charge in [-0.2, -0.15) is 18.1 Å². The van der Waals surface area contributed by atoms with Crippen molar-refractivity contribution in [2.75, 3.05) is 18.4 Å². The summed E-state index contributed by atoms with van der Waals surface area (Å²) in [5, 5.41) is 1.86. The number of rotatable bonds is 11. The molecule has 3 aromatic heterocycles. The Labute approximate surface area is 212 Å². The average molecular weight is 524 g/mol. The Kier molecular flexibility index (Phi) is 7.96. The molecule has 0 bridgehead atoms. The minimum absolute atomic E-state index is 0.0587. The SMILES string of the molecule is C#CCOc1nc(-c2ccncc2)nc(NS(=O)(=O)NCc2cccs2)c1Oc1ccccc1OC. The second-order valence-electron chi connectivity index (χ2n) is 7.02. The third-order valence-corrected chi connectivity index (χ3v) is 6.46. The van der Waals surface area contributed by atoms with Crippen molar-refractivity contribution < 1.29 is 22.6 Å². The molecule has 0 fully saturated rings. The minimum Gasteiger partial charge on any atom is -0.493 e. The van der Waals surface area contributed by atoms with Gasteiger partial charge >= 0.3 is 10.2 Å². The second-order valence-corrected chi connectivity index (χ2v) is 9.55. The van der Waals surface area contributed by atoms with Gasteiger partial charge in [-0.15, -0.1) is 17.8 Å². The van der Waals surface area contributed by atoms with E-state index in [0.29, 0.717) is 11.3 Å². The summed E-state index contributed by atoms with van der Waals surface area (Å²) in [5.41, 5.74) is 0.575. The lowest BCUT2D eigenvalue weighted by atomic mass is 10.2. The van der Waals surface area contributed by atoms with Crippen LogP contribution in [0.1, 0.15) is 4.88 Å². The standard InChI is InChI=1S/C24H21N5O5S2/c1-3-14-33-24-21(34-20-9-5-4-8-19(20)32-2)23(27-22(28-24)17-10-12-25-13-11-17)29-36(30,31)26-16-18-7-6-15-35-18/h1,4-13,15,26H,14,16H2,2H3,(H,27,28,29). The molecule has 0 aliphatic carbocycles. The lowest BCUT2D eigenvalue weighted by molar-refractivity contribution is 0.325.